The minimum absolute atomic E-state index is 0. The summed E-state index contributed by atoms with van der Waals surface area (Å²) in [7, 11) is 0. The van der Waals surface area contributed by atoms with Gasteiger partial charge in [0.1, 0.15) is 0 Å². The molecule has 2 aromatic rings. The quantitative estimate of drug-likeness (QED) is 0.482. The Hall–Kier alpha value is -1.39. The van der Waals surface area contributed by atoms with Gasteiger partial charge in [-0.3, -0.25) is 4.79 Å². The maximum absolute atomic E-state index is 12.6. The highest BCUT2D eigenvalue weighted by atomic mass is 35.5. The summed E-state index contributed by atoms with van der Waals surface area (Å²) in [6.45, 7) is 3.58. The molecule has 0 atom stereocenters. The van der Waals surface area contributed by atoms with Gasteiger partial charge in [0.15, 0.2) is 12.2 Å². The number of aromatic nitrogens is 1. The highest BCUT2D eigenvalue weighted by molar-refractivity contribution is 7.09. The Bertz CT molecular complexity index is 843. The maximum Gasteiger partial charge on any atom is 0.306 e. The SMILES string of the molecule is Cc1c(CCOC(=O)CC23CC4CC(CC(C4)C2)C3)sc[n+]1Cc1ccccc1.[Cl-]. The molecular formula is C25H32ClNO2S. The average Bonchev–Trinajstić information content (AvgIpc) is 3.01. The van der Waals surface area contributed by atoms with E-state index in [2.05, 4.69) is 47.3 Å². The molecule has 0 aliphatic heterocycles. The van der Waals surface area contributed by atoms with Crippen LogP contribution in [-0.2, 0) is 22.5 Å². The van der Waals surface area contributed by atoms with Gasteiger partial charge in [-0.15, -0.1) is 0 Å². The third-order valence-electron chi connectivity index (χ3n) is 7.63. The van der Waals surface area contributed by atoms with E-state index in [0.29, 0.717) is 13.0 Å². The zero-order valence-corrected chi connectivity index (χ0v) is 19.4. The molecule has 4 aliphatic carbocycles. The summed E-state index contributed by atoms with van der Waals surface area (Å²) >= 11 is 1.77. The summed E-state index contributed by atoms with van der Waals surface area (Å²) in [4.78, 5) is 13.9. The highest BCUT2D eigenvalue weighted by Crippen LogP contribution is 2.61. The Morgan fingerprint density at radius 1 is 1.10 bits per heavy atom. The van der Waals surface area contributed by atoms with Crippen molar-refractivity contribution in [3.05, 3.63) is 52.0 Å². The summed E-state index contributed by atoms with van der Waals surface area (Å²) in [6, 6.07) is 10.5. The number of carbonyl (C=O) groups excluding carboxylic acids is 1. The summed E-state index contributed by atoms with van der Waals surface area (Å²) in [6.07, 6.45) is 9.59. The third-order valence-corrected chi connectivity index (χ3v) is 8.77. The summed E-state index contributed by atoms with van der Waals surface area (Å²) in [5.41, 5.74) is 5.07. The molecule has 6 rings (SSSR count). The largest absolute Gasteiger partial charge is 1.00 e. The molecule has 3 nitrogen and oxygen atoms in total. The molecular weight excluding hydrogens is 414 g/mol. The predicted octanol–water partition coefficient (Wildman–Crippen LogP) is 2.09. The summed E-state index contributed by atoms with van der Waals surface area (Å²) < 4.78 is 8.02. The fraction of sp³-hybridized carbons (Fsp3) is 0.600. The van der Waals surface area contributed by atoms with Gasteiger partial charge in [0.05, 0.1) is 17.9 Å². The molecule has 4 aliphatic rings. The minimum atomic E-state index is 0. The first-order valence-corrected chi connectivity index (χ1v) is 12.1. The number of rotatable bonds is 7. The zero-order valence-electron chi connectivity index (χ0n) is 17.8. The molecule has 4 bridgehead atoms. The number of esters is 1. The van der Waals surface area contributed by atoms with Gasteiger partial charge in [-0.25, -0.2) is 0 Å². The topological polar surface area (TPSA) is 30.2 Å². The predicted molar refractivity (Wildman–Crippen MR) is 115 cm³/mol. The molecule has 162 valence electrons. The van der Waals surface area contributed by atoms with Crippen molar-refractivity contribution in [2.24, 2.45) is 23.2 Å². The van der Waals surface area contributed by atoms with Crippen molar-refractivity contribution in [2.75, 3.05) is 6.61 Å². The van der Waals surface area contributed by atoms with E-state index in [9.17, 15) is 4.79 Å². The first kappa shape index (κ1) is 21.8. The normalized spacial score (nSPS) is 28.9. The molecule has 30 heavy (non-hydrogen) atoms. The molecule has 5 heteroatoms. The number of nitrogens with zero attached hydrogens (tertiary/aromatic N) is 1. The molecule has 0 amide bonds. The Balaban J connectivity index is 0.00000218. The van der Waals surface area contributed by atoms with Gasteiger partial charge in [-0.2, -0.15) is 4.57 Å². The van der Waals surface area contributed by atoms with Gasteiger partial charge in [-0.1, -0.05) is 41.7 Å². The van der Waals surface area contributed by atoms with Crippen LogP contribution in [0.4, 0.5) is 0 Å². The third kappa shape index (κ3) is 4.60. The number of ether oxygens (including phenoxy) is 1. The maximum atomic E-state index is 12.6. The van der Waals surface area contributed by atoms with Crippen LogP contribution in [0.5, 0.6) is 0 Å². The standard InChI is InChI=1S/C25H32NO2S.ClH/c1-18-23(29-17-26(18)16-19-5-3-2-4-6-19)7-8-28-24(27)15-25-12-20-9-21(13-25)11-22(10-20)14-25;/h2-6,17,20-22H,7-16H2,1H3;1H/q+1;/p-1. The van der Waals surface area contributed by atoms with Gasteiger partial charge in [0, 0.05) is 18.9 Å². The smallest absolute Gasteiger partial charge is 0.306 e. The fourth-order valence-corrected chi connectivity index (χ4v) is 7.72. The van der Waals surface area contributed by atoms with Crippen molar-refractivity contribution in [3.63, 3.8) is 0 Å². The van der Waals surface area contributed by atoms with Gasteiger partial charge in [-0.05, 0) is 61.7 Å². The molecule has 4 saturated carbocycles. The van der Waals surface area contributed by atoms with E-state index in [1.54, 1.807) is 11.3 Å². The van der Waals surface area contributed by atoms with Crippen LogP contribution < -0.4 is 17.0 Å². The highest BCUT2D eigenvalue weighted by Gasteiger charge is 2.51. The van der Waals surface area contributed by atoms with Gasteiger partial charge in [0.2, 0.25) is 5.51 Å². The van der Waals surface area contributed by atoms with E-state index >= 15 is 0 Å². The molecule has 1 heterocycles. The lowest BCUT2D eigenvalue weighted by Gasteiger charge is -2.56. The van der Waals surface area contributed by atoms with Crippen molar-refractivity contribution in [1.82, 2.24) is 0 Å². The molecule has 4 fully saturated rings. The van der Waals surface area contributed by atoms with E-state index in [1.165, 1.54) is 54.7 Å². The lowest BCUT2D eigenvalue weighted by Crippen LogP contribution is -3.00. The average molecular weight is 446 g/mol. The molecule has 0 unspecified atom stereocenters. The molecule has 0 radical (unpaired) electrons. The van der Waals surface area contributed by atoms with Gasteiger partial charge < -0.3 is 17.1 Å². The number of carbonyl (C=O) groups is 1. The fourth-order valence-electron chi connectivity index (χ4n) is 6.75. The number of thiazole rings is 1. The molecule has 1 aromatic heterocycles. The first-order valence-electron chi connectivity index (χ1n) is 11.2. The van der Waals surface area contributed by atoms with E-state index in [4.69, 9.17) is 4.74 Å². The van der Waals surface area contributed by atoms with E-state index in [0.717, 1.165) is 30.7 Å². The van der Waals surface area contributed by atoms with Crippen LogP contribution in [0.3, 0.4) is 0 Å². The second-order valence-electron chi connectivity index (χ2n) is 9.91. The van der Waals surface area contributed by atoms with Gasteiger partial charge in [0.25, 0.3) is 0 Å². The van der Waals surface area contributed by atoms with Crippen LogP contribution >= 0.6 is 11.3 Å². The monoisotopic (exact) mass is 445 g/mol. The zero-order chi connectivity index (χ0) is 19.8. The van der Waals surface area contributed by atoms with Crippen LogP contribution in [0.2, 0.25) is 0 Å². The number of halogens is 1. The number of hydrogen-bond acceptors (Lipinski definition) is 3. The Kier molecular flexibility index (Phi) is 6.55. The van der Waals surface area contributed by atoms with E-state index in [-0.39, 0.29) is 23.8 Å². The lowest BCUT2D eigenvalue weighted by atomic mass is 9.49. The van der Waals surface area contributed by atoms with Crippen molar-refractivity contribution in [2.45, 2.75) is 64.8 Å². The second kappa shape index (κ2) is 9.00. The molecule has 0 N–H and O–H groups in total. The van der Waals surface area contributed by atoms with Gasteiger partial charge >= 0.3 is 5.97 Å². The van der Waals surface area contributed by atoms with Crippen LogP contribution in [0, 0.1) is 30.1 Å². The summed E-state index contributed by atoms with van der Waals surface area (Å²) in [5, 5.41) is 0. The van der Waals surface area contributed by atoms with Crippen molar-refractivity contribution in [3.8, 4) is 0 Å². The second-order valence-corrected chi connectivity index (χ2v) is 10.8. The Morgan fingerprint density at radius 2 is 1.73 bits per heavy atom. The number of hydrogen-bond donors (Lipinski definition) is 0. The van der Waals surface area contributed by atoms with E-state index < -0.39 is 0 Å². The van der Waals surface area contributed by atoms with Crippen LogP contribution in [0.25, 0.3) is 0 Å². The van der Waals surface area contributed by atoms with E-state index in [1.807, 2.05) is 0 Å². The van der Waals surface area contributed by atoms with Crippen LogP contribution in [-0.4, -0.2) is 12.6 Å². The molecule has 0 spiro atoms. The Morgan fingerprint density at radius 3 is 2.37 bits per heavy atom. The lowest BCUT2D eigenvalue weighted by molar-refractivity contribution is -0.689. The Labute approximate surface area is 190 Å². The molecule has 0 saturated heterocycles. The van der Waals surface area contributed by atoms with Crippen molar-refractivity contribution in [1.29, 1.82) is 0 Å². The van der Waals surface area contributed by atoms with Crippen molar-refractivity contribution < 1.29 is 26.5 Å². The minimum Gasteiger partial charge on any atom is -1.00 e. The van der Waals surface area contributed by atoms with Crippen LogP contribution in [0.15, 0.2) is 35.8 Å². The summed E-state index contributed by atoms with van der Waals surface area (Å²) in [5.74, 6) is 2.71. The first-order chi connectivity index (χ1) is 14.1. The van der Waals surface area contributed by atoms with Crippen molar-refractivity contribution >= 4 is 17.3 Å². The molecule has 1 aromatic carbocycles. The number of benzene rings is 1. The van der Waals surface area contributed by atoms with Crippen LogP contribution in [0.1, 0.15) is 61.1 Å².